The third kappa shape index (κ3) is 2.92. The average molecular weight is 329 g/mol. The van der Waals surface area contributed by atoms with Gasteiger partial charge in [-0.1, -0.05) is 17.7 Å². The van der Waals surface area contributed by atoms with Gasteiger partial charge < -0.3 is 5.32 Å². The van der Waals surface area contributed by atoms with Gasteiger partial charge in [-0.3, -0.25) is 14.3 Å². The maximum absolute atomic E-state index is 12.8. The number of fused-ring (bicyclic) bond motifs is 1. The van der Waals surface area contributed by atoms with Gasteiger partial charge in [-0.2, -0.15) is 0 Å². The Bertz CT molecular complexity index is 934. The first kappa shape index (κ1) is 15.5. The summed E-state index contributed by atoms with van der Waals surface area (Å²) in [6.45, 7) is 5.85. The quantitative estimate of drug-likeness (QED) is 0.787. The molecule has 3 rings (SSSR count). The van der Waals surface area contributed by atoms with E-state index >= 15 is 0 Å². The number of halogens is 1. The molecule has 0 radical (unpaired) electrons. The highest BCUT2D eigenvalue weighted by atomic mass is 35.5. The molecule has 0 aliphatic heterocycles. The Labute approximate surface area is 139 Å². The molecule has 0 aliphatic carbocycles. The number of aromatic nitrogens is 3. The van der Waals surface area contributed by atoms with Crippen molar-refractivity contribution in [1.82, 2.24) is 14.5 Å². The van der Waals surface area contributed by atoms with Crippen LogP contribution in [0.25, 0.3) is 11.0 Å². The predicted octanol–water partition coefficient (Wildman–Crippen LogP) is 4.08. The summed E-state index contributed by atoms with van der Waals surface area (Å²) >= 11 is 6.14. The van der Waals surface area contributed by atoms with Gasteiger partial charge >= 0.3 is 0 Å². The Morgan fingerprint density at radius 2 is 2.04 bits per heavy atom. The molecule has 0 bridgehead atoms. The topological polar surface area (TPSA) is 59.8 Å². The number of hydrogen-bond donors (Lipinski definition) is 1. The maximum atomic E-state index is 12.8. The Morgan fingerprint density at radius 3 is 2.74 bits per heavy atom. The lowest BCUT2D eigenvalue weighted by atomic mass is 10.2. The number of rotatable bonds is 3. The molecule has 23 heavy (non-hydrogen) atoms. The van der Waals surface area contributed by atoms with Crippen molar-refractivity contribution in [1.29, 1.82) is 0 Å². The lowest BCUT2D eigenvalue weighted by Gasteiger charge is -2.15. The zero-order valence-corrected chi connectivity index (χ0v) is 13.9. The first-order chi connectivity index (χ1) is 11.0. The van der Waals surface area contributed by atoms with Crippen LogP contribution in [0.2, 0.25) is 5.02 Å². The Hall–Kier alpha value is -2.40. The smallest absolute Gasteiger partial charge is 0.294 e. The number of benzene rings is 1. The molecule has 1 aromatic carbocycles. The summed E-state index contributed by atoms with van der Waals surface area (Å²) in [5, 5.41) is 3.72. The van der Waals surface area contributed by atoms with Gasteiger partial charge in [0.05, 0.1) is 17.2 Å². The van der Waals surface area contributed by atoms with Gasteiger partial charge in [-0.15, -0.1) is 0 Å². The molecule has 1 N–H and O–H groups in total. The van der Waals surface area contributed by atoms with E-state index in [9.17, 15) is 4.79 Å². The molecule has 0 atom stereocenters. The number of pyridine rings is 1. The summed E-state index contributed by atoms with van der Waals surface area (Å²) in [5.74, 6) is 0.275. The summed E-state index contributed by atoms with van der Waals surface area (Å²) in [4.78, 5) is 21.3. The molecule has 0 spiro atoms. The number of nitrogens with zero attached hydrogens (tertiary/aromatic N) is 3. The summed E-state index contributed by atoms with van der Waals surface area (Å²) < 4.78 is 1.69. The second kappa shape index (κ2) is 6.01. The number of aryl methyl sites for hydroxylation is 1. The van der Waals surface area contributed by atoms with Crippen LogP contribution in [0.4, 0.5) is 11.5 Å². The molecule has 5 nitrogen and oxygen atoms in total. The van der Waals surface area contributed by atoms with Crippen LogP contribution >= 0.6 is 11.6 Å². The van der Waals surface area contributed by atoms with E-state index in [2.05, 4.69) is 15.3 Å². The zero-order valence-electron chi connectivity index (χ0n) is 13.2. The Balaban J connectivity index is 2.15. The predicted molar refractivity (Wildman–Crippen MR) is 93.7 cm³/mol. The summed E-state index contributed by atoms with van der Waals surface area (Å²) in [5.41, 5.74) is 2.97. The van der Waals surface area contributed by atoms with Crippen molar-refractivity contribution in [2.75, 3.05) is 5.32 Å². The number of nitrogens with one attached hydrogen (secondary N) is 1. The third-order valence-electron chi connectivity index (χ3n) is 3.64. The molecule has 0 amide bonds. The van der Waals surface area contributed by atoms with E-state index in [0.29, 0.717) is 10.5 Å². The fourth-order valence-electron chi connectivity index (χ4n) is 2.45. The van der Waals surface area contributed by atoms with Crippen LogP contribution in [-0.2, 0) is 0 Å². The summed E-state index contributed by atoms with van der Waals surface area (Å²) in [7, 11) is 0. The first-order valence-electron chi connectivity index (χ1n) is 7.37. The molecule has 118 valence electrons. The molecule has 3 aromatic rings. The fourth-order valence-corrected chi connectivity index (χ4v) is 2.63. The van der Waals surface area contributed by atoms with Gasteiger partial charge in [-0.25, -0.2) is 4.98 Å². The Morgan fingerprint density at radius 1 is 1.26 bits per heavy atom. The molecular weight excluding hydrogens is 312 g/mol. The van der Waals surface area contributed by atoms with Crippen LogP contribution in [-0.4, -0.2) is 14.5 Å². The molecule has 0 fully saturated rings. The lowest BCUT2D eigenvalue weighted by Crippen LogP contribution is -2.26. The SMILES string of the molecule is Cc1ccc(Nc2nc3ccncc3n(C(C)C)c2=O)cc1Cl. The van der Waals surface area contributed by atoms with Gasteiger partial charge in [-0.05, 0) is 44.5 Å². The highest BCUT2D eigenvalue weighted by Crippen LogP contribution is 2.22. The van der Waals surface area contributed by atoms with E-state index in [0.717, 1.165) is 16.8 Å². The van der Waals surface area contributed by atoms with Crippen molar-refractivity contribution in [3.63, 3.8) is 0 Å². The summed E-state index contributed by atoms with van der Waals surface area (Å²) in [6.07, 6.45) is 3.33. The summed E-state index contributed by atoms with van der Waals surface area (Å²) in [6, 6.07) is 7.35. The van der Waals surface area contributed by atoms with Crippen LogP contribution in [0, 0.1) is 6.92 Å². The van der Waals surface area contributed by atoms with Crippen LogP contribution in [0.1, 0.15) is 25.5 Å². The van der Waals surface area contributed by atoms with Crippen molar-refractivity contribution in [2.24, 2.45) is 0 Å². The normalized spacial score (nSPS) is 11.2. The van der Waals surface area contributed by atoms with Gasteiger partial charge in [0.2, 0.25) is 0 Å². The second-order valence-electron chi connectivity index (χ2n) is 5.68. The standard InChI is InChI=1S/C17H17ClN4O/c1-10(2)22-15-9-19-7-6-14(15)21-16(17(22)23)20-12-5-4-11(3)13(18)8-12/h4-10H,1-3H3,(H,20,21). The lowest BCUT2D eigenvalue weighted by molar-refractivity contribution is 0.598. The van der Waals surface area contributed by atoms with E-state index in [1.165, 1.54) is 0 Å². The molecule has 0 saturated heterocycles. The highest BCUT2D eigenvalue weighted by molar-refractivity contribution is 6.31. The molecule has 6 heteroatoms. The van der Waals surface area contributed by atoms with E-state index in [1.54, 1.807) is 29.1 Å². The van der Waals surface area contributed by atoms with Crippen molar-refractivity contribution < 1.29 is 0 Å². The van der Waals surface area contributed by atoms with E-state index < -0.39 is 0 Å². The minimum atomic E-state index is -0.183. The average Bonchev–Trinajstić information content (AvgIpc) is 2.51. The highest BCUT2D eigenvalue weighted by Gasteiger charge is 2.13. The first-order valence-corrected chi connectivity index (χ1v) is 7.74. The van der Waals surface area contributed by atoms with Crippen LogP contribution < -0.4 is 10.9 Å². The van der Waals surface area contributed by atoms with Crippen molar-refractivity contribution in [2.45, 2.75) is 26.8 Å². The van der Waals surface area contributed by atoms with Gasteiger partial charge in [0.15, 0.2) is 5.82 Å². The van der Waals surface area contributed by atoms with Gasteiger partial charge in [0.25, 0.3) is 5.56 Å². The molecule has 0 aliphatic rings. The fraction of sp³-hybridized carbons (Fsp3) is 0.235. The van der Waals surface area contributed by atoms with Gasteiger partial charge in [0.1, 0.15) is 0 Å². The third-order valence-corrected chi connectivity index (χ3v) is 4.05. The van der Waals surface area contributed by atoms with E-state index in [4.69, 9.17) is 11.6 Å². The minimum Gasteiger partial charge on any atom is -0.336 e. The maximum Gasteiger partial charge on any atom is 0.294 e. The number of anilines is 2. The van der Waals surface area contributed by atoms with E-state index in [1.807, 2.05) is 32.9 Å². The van der Waals surface area contributed by atoms with Crippen LogP contribution in [0.3, 0.4) is 0 Å². The molecule has 2 heterocycles. The van der Waals surface area contributed by atoms with Crippen molar-refractivity contribution >= 4 is 34.1 Å². The zero-order chi connectivity index (χ0) is 16.6. The molecule has 2 aromatic heterocycles. The van der Waals surface area contributed by atoms with Gasteiger partial charge in [0, 0.05) is 22.9 Å². The van der Waals surface area contributed by atoms with E-state index in [-0.39, 0.29) is 17.4 Å². The van der Waals surface area contributed by atoms with Crippen LogP contribution in [0.15, 0.2) is 41.5 Å². The van der Waals surface area contributed by atoms with Crippen molar-refractivity contribution in [3.8, 4) is 0 Å². The number of hydrogen-bond acceptors (Lipinski definition) is 4. The minimum absolute atomic E-state index is 0.000597. The largest absolute Gasteiger partial charge is 0.336 e. The molecule has 0 unspecified atom stereocenters. The molecule has 0 saturated carbocycles. The molecular formula is C17H17ClN4O. The Kier molecular flexibility index (Phi) is 4.05. The van der Waals surface area contributed by atoms with Crippen LogP contribution in [0.5, 0.6) is 0 Å². The second-order valence-corrected chi connectivity index (χ2v) is 6.09. The monoisotopic (exact) mass is 328 g/mol. The van der Waals surface area contributed by atoms with Crippen molar-refractivity contribution in [3.05, 3.63) is 57.6 Å².